The molecule has 1 aliphatic rings. The van der Waals surface area contributed by atoms with Crippen molar-refractivity contribution in [3.63, 3.8) is 0 Å². The van der Waals surface area contributed by atoms with E-state index < -0.39 is 17.9 Å². The molecule has 0 radical (unpaired) electrons. The van der Waals surface area contributed by atoms with Crippen LogP contribution in [0.25, 0.3) is 6.08 Å². The van der Waals surface area contributed by atoms with Crippen LogP contribution in [0.15, 0.2) is 35.7 Å². The van der Waals surface area contributed by atoms with Crippen molar-refractivity contribution in [2.24, 2.45) is 0 Å². The van der Waals surface area contributed by atoms with Gasteiger partial charge in [0.1, 0.15) is 6.61 Å². The number of rotatable bonds is 3. The molecule has 1 aromatic heterocycles. The lowest BCUT2D eigenvalue weighted by Gasteiger charge is -2.25. The zero-order valence-electron chi connectivity index (χ0n) is 12.8. The van der Waals surface area contributed by atoms with E-state index in [9.17, 15) is 9.59 Å². The number of hydrogen-bond acceptors (Lipinski definition) is 6. The monoisotopic (exact) mass is 345 g/mol. The topological polar surface area (TPSA) is 89.6 Å². The van der Waals surface area contributed by atoms with Gasteiger partial charge in [-0.05, 0) is 25.1 Å². The number of thiazole rings is 1. The van der Waals surface area contributed by atoms with Gasteiger partial charge >= 0.3 is 0 Å². The first-order chi connectivity index (χ1) is 11.6. The number of para-hydroxylation sites is 2. The molecular weight excluding hydrogens is 330 g/mol. The van der Waals surface area contributed by atoms with Gasteiger partial charge in [-0.25, -0.2) is 4.98 Å². The number of aromatic nitrogens is 1. The lowest BCUT2D eigenvalue weighted by Crippen LogP contribution is -2.50. The summed E-state index contributed by atoms with van der Waals surface area (Å²) in [6, 6.07) is 7.08. The number of ether oxygens (including phenoxy) is 2. The van der Waals surface area contributed by atoms with Crippen molar-refractivity contribution in [2.75, 3.05) is 6.61 Å². The highest BCUT2D eigenvalue weighted by Gasteiger charge is 2.27. The highest BCUT2D eigenvalue weighted by atomic mass is 32.1. The van der Waals surface area contributed by atoms with Crippen molar-refractivity contribution < 1.29 is 19.1 Å². The summed E-state index contributed by atoms with van der Waals surface area (Å²) in [7, 11) is 0. The lowest BCUT2D eigenvalue weighted by molar-refractivity contribution is -0.134. The van der Waals surface area contributed by atoms with Crippen LogP contribution < -0.4 is 20.3 Å². The summed E-state index contributed by atoms with van der Waals surface area (Å²) in [6.07, 6.45) is 2.04. The van der Waals surface area contributed by atoms with E-state index >= 15 is 0 Å². The lowest BCUT2D eigenvalue weighted by atomic mass is 10.2. The summed E-state index contributed by atoms with van der Waals surface area (Å²) in [5.41, 5.74) is 5.30. The molecule has 0 fully saturated rings. The third-order valence-corrected chi connectivity index (χ3v) is 3.94. The summed E-state index contributed by atoms with van der Waals surface area (Å²) in [5.74, 6) is 0.128. The zero-order chi connectivity index (χ0) is 16.9. The summed E-state index contributed by atoms with van der Waals surface area (Å²) in [6.45, 7) is 1.96. The van der Waals surface area contributed by atoms with E-state index in [-0.39, 0.29) is 6.61 Å². The Morgan fingerprint density at radius 1 is 1.29 bits per heavy atom. The van der Waals surface area contributed by atoms with Crippen LogP contribution in [0, 0.1) is 6.92 Å². The normalized spacial score (nSPS) is 16.0. The second-order valence-corrected chi connectivity index (χ2v) is 6.03. The van der Waals surface area contributed by atoms with Crippen LogP contribution in [-0.2, 0) is 9.59 Å². The number of nitrogens with zero attached hydrogens (tertiary/aromatic N) is 1. The summed E-state index contributed by atoms with van der Waals surface area (Å²) < 4.78 is 11.0. The maximum absolute atomic E-state index is 12.0. The molecule has 0 saturated carbocycles. The third-order valence-electron chi connectivity index (χ3n) is 3.15. The molecule has 2 aromatic rings. The van der Waals surface area contributed by atoms with Gasteiger partial charge in [0, 0.05) is 11.5 Å². The maximum Gasteiger partial charge on any atom is 0.283 e. The summed E-state index contributed by atoms with van der Waals surface area (Å²) in [4.78, 5) is 27.9. The Hall–Kier alpha value is -2.87. The molecule has 7 nitrogen and oxygen atoms in total. The molecule has 0 bridgehead atoms. The summed E-state index contributed by atoms with van der Waals surface area (Å²) >= 11 is 1.49. The van der Waals surface area contributed by atoms with Crippen LogP contribution in [-0.4, -0.2) is 29.5 Å². The Balaban J connectivity index is 1.49. The molecule has 2 N–H and O–H groups in total. The molecular formula is C16H15N3O4S. The smallest absolute Gasteiger partial charge is 0.283 e. The molecule has 3 rings (SSSR count). The molecule has 8 heteroatoms. The largest absolute Gasteiger partial charge is 0.485 e. The molecule has 24 heavy (non-hydrogen) atoms. The highest BCUT2D eigenvalue weighted by Crippen LogP contribution is 2.30. The van der Waals surface area contributed by atoms with Crippen LogP contribution in [0.4, 0.5) is 0 Å². The van der Waals surface area contributed by atoms with Crippen LogP contribution in [0.1, 0.15) is 10.7 Å². The van der Waals surface area contributed by atoms with Gasteiger partial charge in [0.05, 0.1) is 10.7 Å². The van der Waals surface area contributed by atoms with Crippen molar-refractivity contribution in [3.05, 3.63) is 46.4 Å². The molecule has 2 amide bonds. The Labute approximate surface area is 142 Å². The SMILES string of the molecule is Cc1nc(/C=C/C(=O)NNC(=O)[C@@H]2COc3ccccc3O2)cs1. The maximum atomic E-state index is 12.0. The van der Waals surface area contributed by atoms with Gasteiger partial charge in [-0.3, -0.25) is 20.4 Å². The van der Waals surface area contributed by atoms with E-state index in [0.717, 1.165) is 5.01 Å². The number of nitrogens with one attached hydrogen (secondary N) is 2. The molecule has 1 atom stereocenters. The van der Waals surface area contributed by atoms with E-state index in [1.54, 1.807) is 24.3 Å². The first-order valence-corrected chi connectivity index (χ1v) is 8.08. The minimum atomic E-state index is -0.828. The number of benzene rings is 1. The first kappa shape index (κ1) is 16.0. The van der Waals surface area contributed by atoms with Gasteiger partial charge in [-0.15, -0.1) is 11.3 Å². The zero-order valence-corrected chi connectivity index (χ0v) is 13.6. The van der Waals surface area contributed by atoms with Gasteiger partial charge < -0.3 is 9.47 Å². The number of hydrazine groups is 1. The van der Waals surface area contributed by atoms with Gasteiger partial charge in [0.15, 0.2) is 11.5 Å². The molecule has 0 saturated heterocycles. The molecule has 1 aromatic carbocycles. The van der Waals surface area contributed by atoms with Gasteiger partial charge in [0.25, 0.3) is 11.8 Å². The van der Waals surface area contributed by atoms with Gasteiger partial charge in [-0.2, -0.15) is 0 Å². The van der Waals surface area contributed by atoms with Gasteiger partial charge in [0.2, 0.25) is 6.10 Å². The minimum absolute atomic E-state index is 0.0760. The van der Waals surface area contributed by atoms with Crippen LogP contribution in [0.2, 0.25) is 0 Å². The van der Waals surface area contributed by atoms with Gasteiger partial charge in [-0.1, -0.05) is 12.1 Å². The second-order valence-electron chi connectivity index (χ2n) is 4.97. The number of amides is 2. The number of carbonyl (C=O) groups excluding carboxylic acids is 2. The fourth-order valence-corrected chi connectivity index (χ4v) is 2.59. The number of carbonyl (C=O) groups is 2. The average molecular weight is 345 g/mol. The van der Waals surface area contributed by atoms with E-state index in [4.69, 9.17) is 9.47 Å². The van der Waals surface area contributed by atoms with Crippen molar-refractivity contribution in [3.8, 4) is 11.5 Å². The molecule has 0 aliphatic carbocycles. The molecule has 1 aliphatic heterocycles. The Morgan fingerprint density at radius 2 is 2.08 bits per heavy atom. The minimum Gasteiger partial charge on any atom is -0.485 e. The predicted octanol–water partition coefficient (Wildman–Crippen LogP) is 1.45. The fourth-order valence-electron chi connectivity index (χ4n) is 2.01. The van der Waals surface area contributed by atoms with E-state index in [0.29, 0.717) is 17.2 Å². The standard InChI is InChI=1S/C16H15N3O4S/c1-10-17-11(9-24-10)6-7-15(20)18-19-16(21)14-8-22-12-4-2-3-5-13(12)23-14/h2-7,9,14H,8H2,1H3,(H,18,20)(H,19,21)/b7-6+/t14-/m0/s1. The van der Waals surface area contributed by atoms with E-state index in [2.05, 4.69) is 15.8 Å². The van der Waals surface area contributed by atoms with Crippen molar-refractivity contribution >= 4 is 29.2 Å². The number of fused-ring (bicyclic) bond motifs is 1. The Morgan fingerprint density at radius 3 is 2.83 bits per heavy atom. The Bertz CT molecular complexity index is 787. The number of aryl methyl sites for hydroxylation is 1. The van der Waals surface area contributed by atoms with E-state index in [1.807, 2.05) is 18.4 Å². The van der Waals surface area contributed by atoms with Crippen LogP contribution in [0.3, 0.4) is 0 Å². The quantitative estimate of drug-likeness (QED) is 0.649. The molecule has 124 valence electrons. The van der Waals surface area contributed by atoms with Crippen molar-refractivity contribution in [1.29, 1.82) is 0 Å². The van der Waals surface area contributed by atoms with Crippen LogP contribution >= 0.6 is 11.3 Å². The molecule has 0 spiro atoms. The predicted molar refractivity (Wildman–Crippen MR) is 88.5 cm³/mol. The van der Waals surface area contributed by atoms with Crippen molar-refractivity contribution in [2.45, 2.75) is 13.0 Å². The molecule has 2 heterocycles. The molecule has 0 unspecified atom stereocenters. The first-order valence-electron chi connectivity index (χ1n) is 7.20. The highest BCUT2D eigenvalue weighted by molar-refractivity contribution is 7.09. The Kier molecular flexibility index (Phi) is 4.76. The number of hydrogen-bond donors (Lipinski definition) is 2. The van der Waals surface area contributed by atoms with Crippen molar-refractivity contribution in [1.82, 2.24) is 15.8 Å². The third kappa shape index (κ3) is 3.90. The second kappa shape index (κ2) is 7.14. The van der Waals surface area contributed by atoms with E-state index in [1.165, 1.54) is 17.4 Å². The summed E-state index contributed by atoms with van der Waals surface area (Å²) in [5, 5.41) is 2.75. The fraction of sp³-hybridized carbons (Fsp3) is 0.188. The van der Waals surface area contributed by atoms with Crippen LogP contribution in [0.5, 0.6) is 11.5 Å². The average Bonchev–Trinajstić information content (AvgIpc) is 3.02.